The lowest BCUT2D eigenvalue weighted by Crippen LogP contribution is -2.40. The summed E-state index contributed by atoms with van der Waals surface area (Å²) in [5.74, 6) is -1.60. The highest BCUT2D eigenvalue weighted by molar-refractivity contribution is 7.13. The standard InChI is InChI=1S/C15H15F2N3OS.ClH/c16-10-4-1-5-11(17)13(10)14-19-12(8-22-14)15(21)20-6-2-3-9(20)7-18;/h1,4-5,8-9H,2-3,6-7,18H2;1H. The molecule has 2 heterocycles. The third-order valence-corrected chi connectivity index (χ3v) is 4.67. The monoisotopic (exact) mass is 359 g/mol. The second-order valence-electron chi connectivity index (χ2n) is 5.16. The van der Waals surface area contributed by atoms with Gasteiger partial charge in [-0.25, -0.2) is 13.8 Å². The van der Waals surface area contributed by atoms with E-state index >= 15 is 0 Å². The largest absolute Gasteiger partial charge is 0.333 e. The van der Waals surface area contributed by atoms with E-state index in [2.05, 4.69) is 4.98 Å². The van der Waals surface area contributed by atoms with Crippen molar-refractivity contribution in [2.45, 2.75) is 18.9 Å². The number of benzene rings is 1. The van der Waals surface area contributed by atoms with Gasteiger partial charge in [0.2, 0.25) is 0 Å². The molecule has 1 aliphatic heterocycles. The number of hydrogen-bond donors (Lipinski definition) is 1. The van der Waals surface area contributed by atoms with Gasteiger partial charge in [-0.05, 0) is 25.0 Å². The lowest BCUT2D eigenvalue weighted by atomic mass is 10.2. The molecule has 2 aromatic rings. The second kappa shape index (κ2) is 7.33. The van der Waals surface area contributed by atoms with Crippen LogP contribution in [0.2, 0.25) is 0 Å². The molecule has 1 atom stereocenters. The quantitative estimate of drug-likeness (QED) is 0.916. The van der Waals surface area contributed by atoms with Crippen molar-refractivity contribution >= 4 is 29.7 Å². The molecule has 1 aliphatic rings. The van der Waals surface area contributed by atoms with Crippen molar-refractivity contribution in [1.29, 1.82) is 0 Å². The average Bonchev–Trinajstić information content (AvgIpc) is 3.15. The first-order valence-electron chi connectivity index (χ1n) is 7.02. The van der Waals surface area contributed by atoms with E-state index in [0.717, 1.165) is 24.2 Å². The zero-order chi connectivity index (χ0) is 15.7. The molecule has 0 spiro atoms. The van der Waals surface area contributed by atoms with Gasteiger partial charge in [0.05, 0.1) is 5.56 Å². The van der Waals surface area contributed by atoms with Gasteiger partial charge < -0.3 is 10.6 Å². The Morgan fingerprint density at radius 1 is 1.39 bits per heavy atom. The lowest BCUT2D eigenvalue weighted by Gasteiger charge is -2.22. The van der Waals surface area contributed by atoms with Crippen molar-refractivity contribution in [2.75, 3.05) is 13.1 Å². The summed E-state index contributed by atoms with van der Waals surface area (Å²) in [4.78, 5) is 18.3. The lowest BCUT2D eigenvalue weighted by molar-refractivity contribution is 0.0736. The summed E-state index contributed by atoms with van der Waals surface area (Å²) in [5.41, 5.74) is 5.68. The fraction of sp³-hybridized carbons (Fsp3) is 0.333. The molecule has 1 aromatic heterocycles. The molecule has 23 heavy (non-hydrogen) atoms. The predicted octanol–water partition coefficient (Wildman–Crippen LogP) is 3.07. The maximum atomic E-state index is 13.8. The van der Waals surface area contributed by atoms with Crippen LogP contribution in [0.4, 0.5) is 8.78 Å². The minimum atomic E-state index is -0.686. The Hall–Kier alpha value is -1.57. The number of amides is 1. The molecule has 1 unspecified atom stereocenters. The molecule has 1 fully saturated rings. The van der Waals surface area contributed by atoms with Crippen LogP contribution in [-0.4, -0.2) is 34.9 Å². The van der Waals surface area contributed by atoms with Gasteiger partial charge >= 0.3 is 0 Å². The van der Waals surface area contributed by atoms with Crippen LogP contribution in [0.5, 0.6) is 0 Å². The van der Waals surface area contributed by atoms with Crippen molar-refractivity contribution in [3.8, 4) is 10.6 Å². The number of carbonyl (C=O) groups excluding carboxylic acids is 1. The third-order valence-electron chi connectivity index (χ3n) is 3.81. The van der Waals surface area contributed by atoms with Crippen molar-refractivity contribution in [1.82, 2.24) is 9.88 Å². The third kappa shape index (κ3) is 3.36. The van der Waals surface area contributed by atoms with E-state index in [0.29, 0.717) is 13.1 Å². The fourth-order valence-corrected chi connectivity index (χ4v) is 3.52. The first kappa shape index (κ1) is 17.8. The maximum absolute atomic E-state index is 13.8. The van der Waals surface area contributed by atoms with Gasteiger partial charge in [0.25, 0.3) is 5.91 Å². The molecule has 1 aromatic carbocycles. The Morgan fingerprint density at radius 3 is 2.74 bits per heavy atom. The summed E-state index contributed by atoms with van der Waals surface area (Å²) in [6.07, 6.45) is 1.79. The Kier molecular flexibility index (Phi) is 5.67. The number of nitrogens with two attached hydrogens (primary N) is 1. The highest BCUT2D eigenvalue weighted by Crippen LogP contribution is 2.30. The van der Waals surface area contributed by atoms with Crippen LogP contribution in [0.3, 0.4) is 0 Å². The average molecular weight is 360 g/mol. The van der Waals surface area contributed by atoms with E-state index in [1.165, 1.54) is 23.6 Å². The molecule has 3 rings (SSSR count). The predicted molar refractivity (Wildman–Crippen MR) is 87.8 cm³/mol. The van der Waals surface area contributed by atoms with Crippen LogP contribution in [-0.2, 0) is 0 Å². The van der Waals surface area contributed by atoms with E-state index in [-0.39, 0.29) is 40.6 Å². The van der Waals surface area contributed by atoms with Crippen LogP contribution in [0, 0.1) is 11.6 Å². The highest BCUT2D eigenvalue weighted by atomic mass is 35.5. The van der Waals surface area contributed by atoms with Crippen molar-refractivity contribution in [3.63, 3.8) is 0 Å². The van der Waals surface area contributed by atoms with E-state index in [1.807, 2.05) is 0 Å². The van der Waals surface area contributed by atoms with Crippen molar-refractivity contribution in [3.05, 3.63) is 40.9 Å². The molecule has 4 nitrogen and oxygen atoms in total. The van der Waals surface area contributed by atoms with Crippen molar-refractivity contribution in [2.24, 2.45) is 5.73 Å². The van der Waals surface area contributed by atoms with Crippen LogP contribution in [0.15, 0.2) is 23.6 Å². The van der Waals surface area contributed by atoms with Gasteiger partial charge in [-0.15, -0.1) is 23.7 Å². The van der Waals surface area contributed by atoms with E-state index in [9.17, 15) is 13.6 Å². The first-order chi connectivity index (χ1) is 10.6. The van der Waals surface area contributed by atoms with Gasteiger partial charge in [0.1, 0.15) is 22.3 Å². The zero-order valence-electron chi connectivity index (χ0n) is 12.2. The van der Waals surface area contributed by atoms with Gasteiger partial charge in [-0.2, -0.15) is 0 Å². The van der Waals surface area contributed by atoms with E-state index < -0.39 is 11.6 Å². The molecular formula is C15H16ClF2N3OS. The van der Waals surface area contributed by atoms with Gasteiger partial charge in [-0.1, -0.05) is 6.07 Å². The Morgan fingerprint density at radius 2 is 2.09 bits per heavy atom. The molecule has 1 saturated heterocycles. The Bertz CT molecular complexity index is 690. The fourth-order valence-electron chi connectivity index (χ4n) is 2.68. The Balaban J connectivity index is 0.00000192. The SMILES string of the molecule is Cl.NCC1CCCN1C(=O)c1csc(-c2c(F)cccc2F)n1. The minimum Gasteiger partial charge on any atom is -0.333 e. The number of halogens is 3. The van der Waals surface area contributed by atoms with Crippen LogP contribution < -0.4 is 5.73 Å². The summed E-state index contributed by atoms with van der Waals surface area (Å²) < 4.78 is 27.6. The second-order valence-corrected chi connectivity index (χ2v) is 6.02. The number of carbonyl (C=O) groups is 1. The molecule has 124 valence electrons. The summed E-state index contributed by atoms with van der Waals surface area (Å²) in [7, 11) is 0. The molecule has 0 bridgehead atoms. The smallest absolute Gasteiger partial charge is 0.273 e. The molecule has 8 heteroatoms. The number of aromatic nitrogens is 1. The topological polar surface area (TPSA) is 59.2 Å². The highest BCUT2D eigenvalue weighted by Gasteiger charge is 2.30. The molecule has 0 saturated carbocycles. The van der Waals surface area contributed by atoms with Crippen LogP contribution in [0.25, 0.3) is 10.6 Å². The van der Waals surface area contributed by atoms with Crippen LogP contribution in [0.1, 0.15) is 23.3 Å². The van der Waals surface area contributed by atoms with E-state index in [4.69, 9.17) is 5.73 Å². The summed E-state index contributed by atoms with van der Waals surface area (Å²) in [6.45, 7) is 1.05. The molecule has 1 amide bonds. The molecule has 2 N–H and O–H groups in total. The maximum Gasteiger partial charge on any atom is 0.273 e. The minimum absolute atomic E-state index is 0. The summed E-state index contributed by atoms with van der Waals surface area (Å²) in [6, 6.07) is 3.66. The molecular weight excluding hydrogens is 344 g/mol. The molecule has 0 aliphatic carbocycles. The van der Waals surface area contributed by atoms with E-state index in [1.54, 1.807) is 4.90 Å². The van der Waals surface area contributed by atoms with Gasteiger partial charge in [0.15, 0.2) is 0 Å². The summed E-state index contributed by atoms with van der Waals surface area (Å²) in [5, 5.41) is 1.71. The zero-order valence-corrected chi connectivity index (χ0v) is 13.8. The van der Waals surface area contributed by atoms with Crippen LogP contribution >= 0.6 is 23.7 Å². The number of nitrogens with zero attached hydrogens (tertiary/aromatic N) is 2. The Labute approximate surface area is 142 Å². The number of hydrogen-bond acceptors (Lipinski definition) is 4. The summed E-state index contributed by atoms with van der Waals surface area (Å²) >= 11 is 1.06. The number of rotatable bonds is 3. The van der Waals surface area contributed by atoms with Crippen molar-refractivity contribution < 1.29 is 13.6 Å². The number of likely N-dealkylation sites (tertiary alicyclic amines) is 1. The first-order valence-corrected chi connectivity index (χ1v) is 7.90. The normalized spacial score (nSPS) is 17.2. The van der Waals surface area contributed by atoms with Gasteiger partial charge in [-0.3, -0.25) is 4.79 Å². The van der Waals surface area contributed by atoms with Gasteiger partial charge in [0, 0.05) is 24.5 Å². The molecule has 0 radical (unpaired) electrons. The number of thiazole rings is 1.